The molecule has 6 aromatic rings. The number of furan rings is 1. The fraction of sp³-hybridized carbons (Fsp3) is 0. The van der Waals surface area contributed by atoms with E-state index in [1.165, 1.54) is 16.7 Å². The van der Waals surface area contributed by atoms with Crippen LogP contribution < -0.4 is 4.80 Å². The van der Waals surface area contributed by atoms with Crippen molar-refractivity contribution in [2.45, 2.75) is 0 Å². The highest BCUT2D eigenvalue weighted by molar-refractivity contribution is 7.07. The number of fused-ring (bicyclic) bond motifs is 2. The summed E-state index contributed by atoms with van der Waals surface area (Å²) >= 11 is 1.51. The van der Waals surface area contributed by atoms with Crippen LogP contribution in [0.15, 0.2) is 117 Å². The Morgan fingerprint density at radius 2 is 1.73 bits per heavy atom. The van der Waals surface area contributed by atoms with Gasteiger partial charge in [0.2, 0.25) is 4.80 Å². The monoisotopic (exact) mass is 446 g/mol. The zero-order valence-electron chi connectivity index (χ0n) is 17.5. The van der Waals surface area contributed by atoms with Crippen molar-refractivity contribution in [2.75, 3.05) is 0 Å². The average Bonchev–Trinajstić information content (AvgIpc) is 3.47. The number of pyridine rings is 1. The lowest BCUT2D eigenvalue weighted by atomic mass is 10.1. The third-order valence-corrected chi connectivity index (χ3v) is 6.19. The summed E-state index contributed by atoms with van der Waals surface area (Å²) in [6, 6.07) is 28.3. The average molecular weight is 447 g/mol. The van der Waals surface area contributed by atoms with Gasteiger partial charge in [0.05, 0.1) is 18.1 Å². The molecule has 33 heavy (non-hydrogen) atoms. The predicted molar refractivity (Wildman–Crippen MR) is 134 cm³/mol. The molecule has 6 heteroatoms. The van der Waals surface area contributed by atoms with Crippen molar-refractivity contribution in [2.24, 2.45) is 10.1 Å². The maximum atomic E-state index is 6.14. The van der Waals surface area contributed by atoms with Crippen LogP contribution in [0, 0.1) is 0 Å². The second kappa shape index (κ2) is 8.33. The molecule has 0 atom stereocenters. The van der Waals surface area contributed by atoms with Gasteiger partial charge in [-0.05, 0) is 35.0 Å². The molecule has 0 aliphatic carbocycles. The molecule has 0 N–H and O–H groups in total. The van der Waals surface area contributed by atoms with Crippen LogP contribution in [0.2, 0.25) is 0 Å². The molecular weight excluding hydrogens is 428 g/mol. The van der Waals surface area contributed by atoms with Crippen molar-refractivity contribution >= 4 is 45.0 Å². The minimum absolute atomic E-state index is 0.731. The summed E-state index contributed by atoms with van der Waals surface area (Å²) in [5.41, 5.74) is 3.49. The Labute approximate surface area is 193 Å². The summed E-state index contributed by atoms with van der Waals surface area (Å²) in [5.74, 6) is 0.746. The number of nitrogens with zero attached hydrogens (tertiary/aromatic N) is 4. The number of thiazole rings is 1. The minimum atomic E-state index is 0.731. The van der Waals surface area contributed by atoms with E-state index in [-0.39, 0.29) is 0 Å². The highest BCUT2D eigenvalue weighted by atomic mass is 32.1. The van der Waals surface area contributed by atoms with Gasteiger partial charge in [0.1, 0.15) is 11.3 Å². The molecule has 0 aliphatic rings. The second-order valence-electron chi connectivity index (χ2n) is 7.50. The van der Waals surface area contributed by atoms with Gasteiger partial charge >= 0.3 is 0 Å². The number of hydrogen-bond acceptors (Lipinski definition) is 5. The lowest BCUT2D eigenvalue weighted by Gasteiger charge is -2.03. The van der Waals surface area contributed by atoms with Crippen molar-refractivity contribution in [3.05, 3.63) is 113 Å². The SMILES string of the molecule is C(=Nn1c(-c2cc3ccccc3o2)csc1=Nc1cccnc1)c1cccc2ccccc12. The summed E-state index contributed by atoms with van der Waals surface area (Å²) in [7, 11) is 0. The first-order valence-corrected chi connectivity index (χ1v) is 11.4. The molecule has 0 fully saturated rings. The van der Waals surface area contributed by atoms with E-state index in [0.717, 1.165) is 43.9 Å². The van der Waals surface area contributed by atoms with Crippen molar-refractivity contribution < 1.29 is 4.42 Å². The molecule has 0 amide bonds. The van der Waals surface area contributed by atoms with Crippen LogP contribution in [-0.2, 0) is 0 Å². The third-order valence-electron chi connectivity index (χ3n) is 5.37. The van der Waals surface area contributed by atoms with Gasteiger partial charge < -0.3 is 4.42 Å². The first-order valence-electron chi connectivity index (χ1n) is 10.5. The van der Waals surface area contributed by atoms with Crippen molar-refractivity contribution in [1.82, 2.24) is 9.66 Å². The van der Waals surface area contributed by atoms with E-state index in [1.807, 2.05) is 76.9 Å². The van der Waals surface area contributed by atoms with Gasteiger partial charge in [-0.1, -0.05) is 60.7 Å². The van der Waals surface area contributed by atoms with E-state index >= 15 is 0 Å². The second-order valence-corrected chi connectivity index (χ2v) is 8.34. The Balaban J connectivity index is 1.53. The number of hydrogen-bond donors (Lipinski definition) is 0. The van der Waals surface area contributed by atoms with Gasteiger partial charge in [-0.15, -0.1) is 11.3 Å². The van der Waals surface area contributed by atoms with Crippen LogP contribution in [0.25, 0.3) is 33.2 Å². The minimum Gasteiger partial charge on any atom is -0.454 e. The van der Waals surface area contributed by atoms with E-state index in [9.17, 15) is 0 Å². The molecule has 0 unspecified atom stereocenters. The predicted octanol–water partition coefficient (Wildman–Crippen LogP) is 6.63. The van der Waals surface area contributed by atoms with Gasteiger partial charge in [0, 0.05) is 22.5 Å². The molecule has 6 rings (SSSR count). The van der Waals surface area contributed by atoms with Crippen molar-refractivity contribution in [1.29, 1.82) is 0 Å². The van der Waals surface area contributed by atoms with E-state index in [2.05, 4.69) is 29.2 Å². The number of para-hydroxylation sites is 1. The largest absolute Gasteiger partial charge is 0.454 e. The fourth-order valence-electron chi connectivity index (χ4n) is 3.78. The molecule has 3 aromatic heterocycles. The van der Waals surface area contributed by atoms with Crippen molar-refractivity contribution in [3.8, 4) is 11.5 Å². The highest BCUT2D eigenvalue weighted by Crippen LogP contribution is 2.28. The normalized spacial score (nSPS) is 12.3. The molecule has 3 aromatic carbocycles. The summed E-state index contributed by atoms with van der Waals surface area (Å²) < 4.78 is 7.97. The fourth-order valence-corrected chi connectivity index (χ4v) is 4.62. The van der Waals surface area contributed by atoms with E-state index in [4.69, 9.17) is 14.5 Å². The van der Waals surface area contributed by atoms with E-state index in [0.29, 0.717) is 0 Å². The quantitative estimate of drug-likeness (QED) is 0.286. The van der Waals surface area contributed by atoms with Crippen molar-refractivity contribution in [3.63, 3.8) is 0 Å². The topological polar surface area (TPSA) is 55.7 Å². The zero-order chi connectivity index (χ0) is 22.0. The Hall–Kier alpha value is -4.29. The Morgan fingerprint density at radius 3 is 2.61 bits per heavy atom. The molecule has 158 valence electrons. The zero-order valence-corrected chi connectivity index (χ0v) is 18.3. The van der Waals surface area contributed by atoms with Crippen LogP contribution in [0.4, 0.5) is 5.69 Å². The molecule has 0 saturated heterocycles. The van der Waals surface area contributed by atoms with Crippen LogP contribution in [0.3, 0.4) is 0 Å². The number of aromatic nitrogens is 2. The Morgan fingerprint density at radius 1 is 0.879 bits per heavy atom. The molecule has 0 aliphatic heterocycles. The summed E-state index contributed by atoms with van der Waals surface area (Å²) in [6.45, 7) is 0. The maximum absolute atomic E-state index is 6.14. The van der Waals surface area contributed by atoms with Gasteiger partial charge in [-0.2, -0.15) is 5.10 Å². The molecule has 0 saturated carbocycles. The van der Waals surface area contributed by atoms with Crippen LogP contribution >= 0.6 is 11.3 Å². The summed E-state index contributed by atoms with van der Waals surface area (Å²) in [5, 5.41) is 10.3. The Bertz CT molecular complexity index is 1640. The Kier molecular flexibility index (Phi) is 4.90. The third kappa shape index (κ3) is 3.77. The lowest BCUT2D eigenvalue weighted by molar-refractivity contribution is 0.622. The number of rotatable bonds is 4. The van der Waals surface area contributed by atoms with Crippen LogP contribution in [0.1, 0.15) is 5.56 Å². The molecular formula is C27H18N4OS. The van der Waals surface area contributed by atoms with E-state index < -0.39 is 0 Å². The molecule has 0 bridgehead atoms. The van der Waals surface area contributed by atoms with Crippen LogP contribution in [0.5, 0.6) is 0 Å². The summed E-state index contributed by atoms with van der Waals surface area (Å²) in [6.07, 6.45) is 5.35. The molecule has 3 heterocycles. The maximum Gasteiger partial charge on any atom is 0.211 e. The van der Waals surface area contributed by atoms with Crippen LogP contribution in [-0.4, -0.2) is 15.9 Å². The molecule has 5 nitrogen and oxygen atoms in total. The summed E-state index contributed by atoms with van der Waals surface area (Å²) in [4.78, 5) is 9.69. The molecule has 0 spiro atoms. The smallest absolute Gasteiger partial charge is 0.211 e. The number of benzene rings is 3. The first kappa shape index (κ1) is 19.4. The standard InChI is InChI=1S/C27H18N4OS/c1-3-12-23-19(7-1)9-5-10-21(23)16-29-31-24(26-15-20-8-2-4-13-25(20)32-26)18-33-27(31)30-22-11-6-14-28-17-22/h1-18H. The van der Waals surface area contributed by atoms with Gasteiger partial charge in [0.25, 0.3) is 0 Å². The van der Waals surface area contributed by atoms with Gasteiger partial charge in [-0.25, -0.2) is 9.67 Å². The van der Waals surface area contributed by atoms with E-state index in [1.54, 1.807) is 12.4 Å². The molecule has 0 radical (unpaired) electrons. The van der Waals surface area contributed by atoms with Gasteiger partial charge in [0.15, 0.2) is 5.76 Å². The lowest BCUT2D eigenvalue weighted by Crippen LogP contribution is -2.11. The first-order chi connectivity index (χ1) is 16.3. The van der Waals surface area contributed by atoms with Gasteiger partial charge in [-0.3, -0.25) is 4.98 Å². The highest BCUT2D eigenvalue weighted by Gasteiger charge is 2.13.